The second kappa shape index (κ2) is 15.0. The first-order valence-corrected chi connectivity index (χ1v) is 17.1. The number of nitrogens with zero attached hydrogens (tertiary/aromatic N) is 3. The normalized spacial score (nSPS) is 16.6. The van der Waals surface area contributed by atoms with Gasteiger partial charge in [0, 0.05) is 40.9 Å². The molecule has 1 fully saturated rings. The minimum Gasteiger partial charge on any atom is -0.445 e. The first kappa shape index (κ1) is 35.0. The minimum absolute atomic E-state index is 0.0307. The molecular formula is C37H36F3N5O4S. The zero-order valence-electron chi connectivity index (χ0n) is 27.4. The van der Waals surface area contributed by atoms with Crippen LogP contribution in [0.4, 0.5) is 13.2 Å². The second-order valence-electron chi connectivity index (χ2n) is 12.3. The molecule has 4 atom stereocenters. The summed E-state index contributed by atoms with van der Waals surface area (Å²) >= 11 is 1.52. The summed E-state index contributed by atoms with van der Waals surface area (Å²) in [6.45, 7) is 4.13. The monoisotopic (exact) mass is 703 g/mol. The average molecular weight is 704 g/mol. The molecule has 1 saturated heterocycles. The number of rotatable bonds is 11. The van der Waals surface area contributed by atoms with E-state index in [0.717, 1.165) is 35.7 Å². The molecule has 260 valence electrons. The molecule has 9 nitrogen and oxygen atoms in total. The summed E-state index contributed by atoms with van der Waals surface area (Å²) in [5, 5.41) is 20.4. The lowest BCUT2D eigenvalue weighted by molar-refractivity contribution is -0.137. The highest BCUT2D eigenvalue weighted by molar-refractivity contribution is 7.09. The van der Waals surface area contributed by atoms with Crippen LogP contribution >= 0.6 is 11.3 Å². The highest BCUT2D eigenvalue weighted by atomic mass is 32.1. The fraction of sp³-hybridized carbons (Fsp3) is 0.297. The Hall–Kier alpha value is -4.85. The Morgan fingerprint density at radius 1 is 1.08 bits per heavy atom. The molecule has 0 bridgehead atoms. The molecule has 2 amide bonds. The molecule has 2 aromatic heterocycles. The maximum atomic E-state index is 14.0. The van der Waals surface area contributed by atoms with Crippen LogP contribution in [-0.2, 0) is 12.7 Å². The molecule has 0 radical (unpaired) electrons. The standard InChI is InChI=1S/C37H36F3N5O4S/c1-22-21-50-35(43-22)30-12-7-14-45(30)36(48)28-18-26(17-27(19-28)34-41-13-15-49-34)33(47)44-23(2)32(46)31(25-9-4-3-5-10-25)42-20-24-8-6-11-29(16-24)37(38,39)40/h3-6,8-11,13,15-19,21,23,30-32,42,46H,7,12,14,20H2,1-2H3,(H,44,47). The van der Waals surface area contributed by atoms with E-state index in [1.165, 1.54) is 35.9 Å². The van der Waals surface area contributed by atoms with Crippen molar-refractivity contribution in [3.05, 3.63) is 129 Å². The number of halogens is 3. The minimum atomic E-state index is -4.49. The number of likely N-dealkylation sites (tertiary alicyclic amines) is 1. The number of carbonyl (C=O) groups is 2. The number of amides is 2. The lowest BCUT2D eigenvalue weighted by atomic mass is 9.95. The lowest BCUT2D eigenvalue weighted by Crippen LogP contribution is -2.47. The van der Waals surface area contributed by atoms with Gasteiger partial charge in [-0.25, -0.2) is 9.97 Å². The largest absolute Gasteiger partial charge is 0.445 e. The van der Waals surface area contributed by atoms with Gasteiger partial charge in [-0.1, -0.05) is 48.5 Å². The molecule has 1 aliphatic rings. The first-order valence-electron chi connectivity index (χ1n) is 16.2. The van der Waals surface area contributed by atoms with Crippen LogP contribution in [0.25, 0.3) is 11.5 Å². The molecule has 3 heterocycles. The molecule has 13 heteroatoms. The predicted molar refractivity (Wildman–Crippen MR) is 182 cm³/mol. The third kappa shape index (κ3) is 7.96. The van der Waals surface area contributed by atoms with Crippen molar-refractivity contribution in [1.82, 2.24) is 25.5 Å². The number of benzene rings is 3. The summed E-state index contributed by atoms with van der Waals surface area (Å²) < 4.78 is 45.5. The van der Waals surface area contributed by atoms with Crippen LogP contribution in [0, 0.1) is 6.92 Å². The average Bonchev–Trinajstić information content (AvgIpc) is 3.91. The molecule has 4 unspecified atom stereocenters. The fourth-order valence-corrected chi connectivity index (χ4v) is 7.12. The quantitative estimate of drug-likeness (QED) is 0.134. The zero-order valence-corrected chi connectivity index (χ0v) is 28.2. The molecule has 50 heavy (non-hydrogen) atoms. The molecule has 5 aromatic rings. The summed E-state index contributed by atoms with van der Waals surface area (Å²) in [5.74, 6) is -0.561. The number of alkyl halides is 3. The van der Waals surface area contributed by atoms with Crippen molar-refractivity contribution in [2.24, 2.45) is 0 Å². The molecule has 1 aliphatic heterocycles. The van der Waals surface area contributed by atoms with E-state index in [4.69, 9.17) is 4.42 Å². The van der Waals surface area contributed by atoms with E-state index in [1.54, 1.807) is 54.3 Å². The number of thiazole rings is 1. The third-order valence-electron chi connectivity index (χ3n) is 8.71. The van der Waals surface area contributed by atoms with E-state index in [2.05, 4.69) is 20.6 Å². The third-order valence-corrected chi connectivity index (χ3v) is 9.77. The van der Waals surface area contributed by atoms with Crippen LogP contribution in [0.2, 0.25) is 0 Å². The first-order chi connectivity index (χ1) is 24.0. The maximum absolute atomic E-state index is 14.0. The van der Waals surface area contributed by atoms with Crippen LogP contribution in [0.5, 0.6) is 0 Å². The fourth-order valence-electron chi connectivity index (χ4n) is 6.17. The van der Waals surface area contributed by atoms with E-state index in [1.807, 2.05) is 18.4 Å². The van der Waals surface area contributed by atoms with E-state index in [0.29, 0.717) is 23.2 Å². The van der Waals surface area contributed by atoms with Gasteiger partial charge in [-0.2, -0.15) is 13.2 Å². The van der Waals surface area contributed by atoms with Gasteiger partial charge >= 0.3 is 6.18 Å². The highest BCUT2D eigenvalue weighted by Crippen LogP contribution is 2.36. The van der Waals surface area contributed by atoms with Gasteiger partial charge in [0.25, 0.3) is 11.8 Å². The van der Waals surface area contributed by atoms with E-state index in [-0.39, 0.29) is 35.5 Å². The van der Waals surface area contributed by atoms with Gasteiger partial charge in [0.2, 0.25) is 5.89 Å². The number of carbonyl (C=O) groups excluding carboxylic acids is 2. The summed E-state index contributed by atoms with van der Waals surface area (Å²) in [5.41, 5.74) is 2.08. The molecule has 6 rings (SSSR count). The Bertz CT molecular complexity index is 1930. The van der Waals surface area contributed by atoms with Crippen molar-refractivity contribution >= 4 is 23.2 Å². The van der Waals surface area contributed by atoms with Gasteiger partial charge in [-0.15, -0.1) is 11.3 Å². The summed E-state index contributed by atoms with van der Waals surface area (Å²) in [6.07, 6.45) is -1.21. The van der Waals surface area contributed by atoms with Gasteiger partial charge in [-0.05, 0) is 62.1 Å². The number of oxazole rings is 1. The van der Waals surface area contributed by atoms with Crippen molar-refractivity contribution in [2.45, 2.75) is 63.6 Å². The van der Waals surface area contributed by atoms with E-state index in [9.17, 15) is 27.9 Å². The van der Waals surface area contributed by atoms with Crippen molar-refractivity contribution in [2.75, 3.05) is 6.54 Å². The molecule has 3 N–H and O–H groups in total. The Morgan fingerprint density at radius 3 is 2.56 bits per heavy atom. The Balaban J connectivity index is 1.23. The van der Waals surface area contributed by atoms with Crippen LogP contribution < -0.4 is 10.6 Å². The number of hydrogen-bond donors (Lipinski definition) is 3. The highest BCUT2D eigenvalue weighted by Gasteiger charge is 2.34. The number of hydrogen-bond acceptors (Lipinski definition) is 8. The summed E-state index contributed by atoms with van der Waals surface area (Å²) in [7, 11) is 0. The Kier molecular flexibility index (Phi) is 10.5. The van der Waals surface area contributed by atoms with Crippen molar-refractivity contribution in [3.8, 4) is 11.5 Å². The molecular weight excluding hydrogens is 667 g/mol. The van der Waals surface area contributed by atoms with E-state index < -0.39 is 35.8 Å². The van der Waals surface area contributed by atoms with Crippen molar-refractivity contribution < 1.29 is 32.3 Å². The van der Waals surface area contributed by atoms with Gasteiger partial charge < -0.3 is 25.1 Å². The van der Waals surface area contributed by atoms with Crippen molar-refractivity contribution in [1.29, 1.82) is 0 Å². The lowest BCUT2D eigenvalue weighted by Gasteiger charge is -2.30. The zero-order chi connectivity index (χ0) is 35.4. The van der Waals surface area contributed by atoms with Crippen LogP contribution in [0.1, 0.15) is 80.0 Å². The SMILES string of the molecule is Cc1csc(C2CCCN2C(=O)c2cc(C(=O)NC(C)C(O)C(NCc3cccc(C(F)(F)F)c3)c3ccccc3)cc(-c3ncco3)c2)n1. The number of aryl methyl sites for hydroxylation is 1. The van der Waals surface area contributed by atoms with Crippen LogP contribution in [0.15, 0.2) is 95.1 Å². The topological polar surface area (TPSA) is 121 Å². The van der Waals surface area contributed by atoms with Crippen LogP contribution in [-0.4, -0.2) is 50.5 Å². The van der Waals surface area contributed by atoms with Gasteiger partial charge in [-0.3, -0.25) is 9.59 Å². The predicted octanol–water partition coefficient (Wildman–Crippen LogP) is 7.11. The van der Waals surface area contributed by atoms with Gasteiger partial charge in [0.1, 0.15) is 11.3 Å². The summed E-state index contributed by atoms with van der Waals surface area (Å²) in [6, 6.07) is 16.9. The molecule has 0 spiro atoms. The molecule has 0 aliphatic carbocycles. The Morgan fingerprint density at radius 2 is 1.86 bits per heavy atom. The van der Waals surface area contributed by atoms with Crippen molar-refractivity contribution in [3.63, 3.8) is 0 Å². The van der Waals surface area contributed by atoms with E-state index >= 15 is 0 Å². The Labute approximate surface area is 291 Å². The second-order valence-corrected chi connectivity index (χ2v) is 13.2. The molecule has 0 saturated carbocycles. The van der Waals surface area contributed by atoms with Gasteiger partial charge in [0.15, 0.2) is 0 Å². The van der Waals surface area contributed by atoms with Crippen LogP contribution in [0.3, 0.4) is 0 Å². The number of aliphatic hydroxyl groups excluding tert-OH is 1. The molecule has 3 aromatic carbocycles. The smallest absolute Gasteiger partial charge is 0.416 e. The number of nitrogens with one attached hydrogen (secondary N) is 2. The van der Waals surface area contributed by atoms with Gasteiger partial charge in [0.05, 0.1) is 36.0 Å². The number of aliphatic hydroxyl groups is 1. The maximum Gasteiger partial charge on any atom is 0.416 e. The summed E-state index contributed by atoms with van der Waals surface area (Å²) in [4.78, 5) is 38.4. The number of aromatic nitrogens is 2.